The van der Waals surface area contributed by atoms with Crippen molar-refractivity contribution in [2.24, 2.45) is 0 Å². The first kappa shape index (κ1) is 12.5. The number of para-hydroxylation sites is 1. The number of aromatic amines is 1. The summed E-state index contributed by atoms with van der Waals surface area (Å²) in [6.07, 6.45) is 4.84. The molecular formula is C16H22N2O. The first-order valence-corrected chi connectivity index (χ1v) is 7.26. The van der Waals surface area contributed by atoms with E-state index in [4.69, 9.17) is 4.74 Å². The fourth-order valence-corrected chi connectivity index (χ4v) is 3.15. The number of aryl methyl sites for hydroxylation is 1. The summed E-state index contributed by atoms with van der Waals surface area (Å²) in [5.74, 6) is 0.946. The highest BCUT2D eigenvalue weighted by atomic mass is 16.5. The second-order valence-corrected chi connectivity index (χ2v) is 5.30. The number of hydrogen-bond donors (Lipinski definition) is 2. The largest absolute Gasteiger partial charge is 0.495 e. The molecule has 0 saturated carbocycles. The van der Waals surface area contributed by atoms with Crippen LogP contribution in [0, 0.1) is 0 Å². The number of aromatic nitrogens is 1. The Balaban J connectivity index is 2.07. The van der Waals surface area contributed by atoms with E-state index in [1.54, 1.807) is 7.11 Å². The summed E-state index contributed by atoms with van der Waals surface area (Å²) in [5, 5.41) is 4.98. The van der Waals surface area contributed by atoms with E-state index in [2.05, 4.69) is 29.4 Å². The first-order chi connectivity index (χ1) is 9.35. The lowest BCUT2D eigenvalue weighted by Gasteiger charge is -2.23. The summed E-state index contributed by atoms with van der Waals surface area (Å²) in [6.45, 7) is 3.29. The van der Waals surface area contributed by atoms with Crippen LogP contribution < -0.4 is 10.1 Å². The van der Waals surface area contributed by atoms with Gasteiger partial charge in [0.2, 0.25) is 0 Å². The Morgan fingerprint density at radius 3 is 3.11 bits per heavy atom. The van der Waals surface area contributed by atoms with E-state index >= 15 is 0 Å². The van der Waals surface area contributed by atoms with E-state index in [9.17, 15) is 0 Å². The van der Waals surface area contributed by atoms with E-state index in [0.29, 0.717) is 6.04 Å². The minimum Gasteiger partial charge on any atom is -0.495 e. The number of fused-ring (bicyclic) bond motifs is 3. The average Bonchev–Trinajstić information content (AvgIpc) is 2.84. The molecule has 0 saturated heterocycles. The van der Waals surface area contributed by atoms with Crippen molar-refractivity contribution in [2.75, 3.05) is 13.7 Å². The number of nitrogens with one attached hydrogen (secondary N) is 2. The standard InChI is InChI=1S/C16H22N2O/c1-3-10-17-13-8-4-6-11-12-7-5-9-14(19-2)16(12)18-15(11)13/h5,7,9,13,17-18H,3-4,6,8,10H2,1-2H3. The lowest BCUT2D eigenvalue weighted by molar-refractivity contribution is 0.418. The molecule has 1 aromatic heterocycles. The van der Waals surface area contributed by atoms with Crippen molar-refractivity contribution in [1.82, 2.24) is 10.3 Å². The molecule has 3 rings (SSSR count). The van der Waals surface area contributed by atoms with Gasteiger partial charge in [-0.1, -0.05) is 19.1 Å². The van der Waals surface area contributed by atoms with Crippen LogP contribution in [0.5, 0.6) is 5.75 Å². The number of H-pyrrole nitrogens is 1. The van der Waals surface area contributed by atoms with Crippen LogP contribution in [0.2, 0.25) is 0 Å². The normalized spacial score (nSPS) is 18.5. The van der Waals surface area contributed by atoms with E-state index in [-0.39, 0.29) is 0 Å². The van der Waals surface area contributed by atoms with Gasteiger partial charge in [0.25, 0.3) is 0 Å². The summed E-state index contributed by atoms with van der Waals surface area (Å²) in [7, 11) is 1.74. The van der Waals surface area contributed by atoms with Crippen molar-refractivity contribution in [3.05, 3.63) is 29.5 Å². The van der Waals surface area contributed by atoms with Crippen molar-refractivity contribution < 1.29 is 4.74 Å². The molecule has 0 spiro atoms. The van der Waals surface area contributed by atoms with Gasteiger partial charge in [0.05, 0.1) is 12.6 Å². The molecule has 1 aliphatic carbocycles. The number of methoxy groups -OCH3 is 1. The Kier molecular flexibility index (Phi) is 3.47. The Morgan fingerprint density at radius 2 is 2.32 bits per heavy atom. The monoisotopic (exact) mass is 258 g/mol. The number of benzene rings is 1. The molecule has 1 unspecified atom stereocenters. The van der Waals surface area contributed by atoms with Crippen molar-refractivity contribution >= 4 is 10.9 Å². The molecule has 2 N–H and O–H groups in total. The van der Waals surface area contributed by atoms with Crippen LogP contribution in [0.25, 0.3) is 10.9 Å². The van der Waals surface area contributed by atoms with Gasteiger partial charge in [-0.2, -0.15) is 0 Å². The van der Waals surface area contributed by atoms with Gasteiger partial charge in [0, 0.05) is 17.1 Å². The van der Waals surface area contributed by atoms with Gasteiger partial charge in [0.1, 0.15) is 5.75 Å². The third-order valence-electron chi connectivity index (χ3n) is 4.06. The quantitative estimate of drug-likeness (QED) is 0.880. The molecule has 3 nitrogen and oxygen atoms in total. The molecule has 1 heterocycles. The molecule has 0 bridgehead atoms. The van der Waals surface area contributed by atoms with Gasteiger partial charge in [-0.3, -0.25) is 0 Å². The van der Waals surface area contributed by atoms with E-state index in [1.165, 1.54) is 42.3 Å². The van der Waals surface area contributed by atoms with Crippen LogP contribution in [0.3, 0.4) is 0 Å². The summed E-state index contributed by atoms with van der Waals surface area (Å²) < 4.78 is 5.47. The fraction of sp³-hybridized carbons (Fsp3) is 0.500. The van der Waals surface area contributed by atoms with Crippen LogP contribution in [-0.2, 0) is 6.42 Å². The second kappa shape index (κ2) is 5.25. The second-order valence-electron chi connectivity index (χ2n) is 5.30. The van der Waals surface area contributed by atoms with Gasteiger partial charge in [-0.25, -0.2) is 0 Å². The summed E-state index contributed by atoms with van der Waals surface area (Å²) >= 11 is 0. The van der Waals surface area contributed by atoms with Gasteiger partial charge in [-0.15, -0.1) is 0 Å². The topological polar surface area (TPSA) is 37.0 Å². The molecular weight excluding hydrogens is 236 g/mol. The third-order valence-corrected chi connectivity index (χ3v) is 4.06. The minimum absolute atomic E-state index is 0.473. The molecule has 19 heavy (non-hydrogen) atoms. The molecule has 0 aliphatic heterocycles. The molecule has 102 valence electrons. The molecule has 0 radical (unpaired) electrons. The van der Waals surface area contributed by atoms with Crippen LogP contribution in [0.15, 0.2) is 18.2 Å². The van der Waals surface area contributed by atoms with Crippen molar-refractivity contribution in [3.8, 4) is 5.75 Å². The van der Waals surface area contributed by atoms with Crippen molar-refractivity contribution in [1.29, 1.82) is 0 Å². The third kappa shape index (κ3) is 2.12. The average molecular weight is 258 g/mol. The fourth-order valence-electron chi connectivity index (χ4n) is 3.15. The minimum atomic E-state index is 0.473. The molecule has 1 aromatic carbocycles. The molecule has 3 heteroatoms. The zero-order chi connectivity index (χ0) is 13.2. The van der Waals surface area contributed by atoms with E-state index in [1.807, 2.05) is 6.07 Å². The summed E-state index contributed by atoms with van der Waals surface area (Å²) in [4.78, 5) is 3.61. The molecule has 0 fully saturated rings. The SMILES string of the molecule is CCCNC1CCCc2c1[nH]c1c(OC)cccc21. The Hall–Kier alpha value is -1.48. The summed E-state index contributed by atoms with van der Waals surface area (Å²) in [6, 6.07) is 6.78. The predicted molar refractivity (Wildman–Crippen MR) is 78.8 cm³/mol. The Morgan fingerprint density at radius 1 is 1.42 bits per heavy atom. The van der Waals surface area contributed by atoms with Gasteiger partial charge < -0.3 is 15.0 Å². The lowest BCUT2D eigenvalue weighted by atomic mass is 9.91. The van der Waals surface area contributed by atoms with Crippen molar-refractivity contribution in [2.45, 2.75) is 38.6 Å². The maximum Gasteiger partial charge on any atom is 0.142 e. The molecule has 0 amide bonds. The number of ether oxygens (including phenoxy) is 1. The number of rotatable bonds is 4. The molecule has 1 aliphatic rings. The van der Waals surface area contributed by atoms with Gasteiger partial charge in [0.15, 0.2) is 0 Å². The molecule has 2 aromatic rings. The Labute approximate surface area is 114 Å². The van der Waals surface area contributed by atoms with E-state index < -0.39 is 0 Å². The van der Waals surface area contributed by atoms with Gasteiger partial charge >= 0.3 is 0 Å². The highest BCUT2D eigenvalue weighted by Gasteiger charge is 2.24. The Bertz CT molecular complexity index is 573. The maximum atomic E-state index is 5.47. The van der Waals surface area contributed by atoms with Crippen LogP contribution in [0.1, 0.15) is 43.5 Å². The number of hydrogen-bond acceptors (Lipinski definition) is 2. The zero-order valence-electron chi connectivity index (χ0n) is 11.8. The molecule has 1 atom stereocenters. The van der Waals surface area contributed by atoms with Crippen LogP contribution in [-0.4, -0.2) is 18.6 Å². The van der Waals surface area contributed by atoms with Crippen LogP contribution >= 0.6 is 0 Å². The van der Waals surface area contributed by atoms with Gasteiger partial charge in [-0.05, 0) is 43.9 Å². The van der Waals surface area contributed by atoms with E-state index in [0.717, 1.165) is 17.8 Å². The summed E-state index contributed by atoms with van der Waals surface area (Å²) in [5.41, 5.74) is 4.01. The highest BCUT2D eigenvalue weighted by molar-refractivity contribution is 5.90. The van der Waals surface area contributed by atoms with Crippen molar-refractivity contribution in [3.63, 3.8) is 0 Å². The first-order valence-electron chi connectivity index (χ1n) is 7.26. The zero-order valence-corrected chi connectivity index (χ0v) is 11.8. The maximum absolute atomic E-state index is 5.47. The smallest absolute Gasteiger partial charge is 0.142 e. The lowest BCUT2D eigenvalue weighted by Crippen LogP contribution is -2.25. The highest BCUT2D eigenvalue weighted by Crippen LogP contribution is 2.37. The van der Waals surface area contributed by atoms with Crippen LogP contribution in [0.4, 0.5) is 0 Å². The predicted octanol–water partition coefficient (Wildman–Crippen LogP) is 3.55.